The van der Waals surface area contributed by atoms with Gasteiger partial charge in [0.2, 0.25) is 5.28 Å². The summed E-state index contributed by atoms with van der Waals surface area (Å²) in [4.78, 5) is 3.65. The predicted molar refractivity (Wildman–Crippen MR) is 38.0 cm³/mol. The molecular formula is C6H3ClFN3. The van der Waals surface area contributed by atoms with Crippen LogP contribution in [0.25, 0.3) is 5.65 Å². The lowest BCUT2D eigenvalue weighted by atomic mass is 10.5. The fraction of sp³-hybridized carbons (Fsp3) is 0. The highest BCUT2D eigenvalue weighted by molar-refractivity contribution is 6.28. The lowest BCUT2D eigenvalue weighted by Gasteiger charge is -1.88. The van der Waals surface area contributed by atoms with Gasteiger partial charge >= 0.3 is 0 Å². The molecule has 0 unspecified atom stereocenters. The maximum absolute atomic E-state index is 12.8. The van der Waals surface area contributed by atoms with Crippen molar-refractivity contribution in [2.24, 2.45) is 0 Å². The minimum absolute atomic E-state index is 0.0510. The molecule has 0 aliphatic heterocycles. The lowest BCUT2D eigenvalue weighted by Crippen LogP contribution is -1.88. The molecule has 2 heterocycles. The molecule has 0 aliphatic carbocycles. The Labute approximate surface area is 66.4 Å². The smallest absolute Gasteiger partial charge is 0.217 e. The molecule has 2 aromatic rings. The number of aromatic nitrogens is 3. The molecule has 0 atom stereocenters. The second kappa shape index (κ2) is 2.17. The Bertz CT molecular complexity index is 398. The Kier molecular flexibility index (Phi) is 1.29. The molecule has 56 valence electrons. The van der Waals surface area contributed by atoms with Crippen molar-refractivity contribution in [2.45, 2.75) is 0 Å². The lowest BCUT2D eigenvalue weighted by molar-refractivity contribution is 0.627. The number of nitrogens with zero attached hydrogens (tertiary/aromatic N) is 3. The summed E-state index contributed by atoms with van der Waals surface area (Å²) in [7, 11) is 0. The summed E-state index contributed by atoms with van der Waals surface area (Å²) in [5.74, 6) is -0.424. The topological polar surface area (TPSA) is 30.2 Å². The summed E-state index contributed by atoms with van der Waals surface area (Å²) in [6.07, 6.45) is 1.58. The zero-order valence-electron chi connectivity index (χ0n) is 5.33. The van der Waals surface area contributed by atoms with E-state index in [4.69, 9.17) is 11.6 Å². The SMILES string of the molecule is Fc1cccn2nc(Cl)nc12. The van der Waals surface area contributed by atoms with Crippen LogP contribution in [0.1, 0.15) is 0 Å². The van der Waals surface area contributed by atoms with Gasteiger partial charge in [0.1, 0.15) is 0 Å². The van der Waals surface area contributed by atoms with E-state index in [0.717, 1.165) is 0 Å². The molecule has 0 spiro atoms. The summed E-state index contributed by atoms with van der Waals surface area (Å²) in [6.45, 7) is 0. The summed E-state index contributed by atoms with van der Waals surface area (Å²) in [6, 6.07) is 2.84. The molecule has 3 nitrogen and oxygen atoms in total. The van der Waals surface area contributed by atoms with Crippen LogP contribution in [0, 0.1) is 5.82 Å². The highest BCUT2D eigenvalue weighted by Gasteiger charge is 2.03. The summed E-state index contributed by atoms with van der Waals surface area (Å²) >= 11 is 5.45. The molecule has 0 bridgehead atoms. The van der Waals surface area contributed by atoms with Crippen molar-refractivity contribution < 1.29 is 4.39 Å². The van der Waals surface area contributed by atoms with Crippen molar-refractivity contribution in [3.8, 4) is 0 Å². The maximum Gasteiger partial charge on any atom is 0.243 e. The fourth-order valence-electron chi connectivity index (χ4n) is 0.848. The molecule has 0 N–H and O–H groups in total. The van der Waals surface area contributed by atoms with Gasteiger partial charge in [-0.3, -0.25) is 0 Å². The highest BCUT2D eigenvalue weighted by Crippen LogP contribution is 2.08. The van der Waals surface area contributed by atoms with E-state index in [-0.39, 0.29) is 10.9 Å². The largest absolute Gasteiger partial charge is 0.243 e. The Morgan fingerprint density at radius 2 is 2.36 bits per heavy atom. The average Bonchev–Trinajstić information content (AvgIpc) is 2.31. The van der Waals surface area contributed by atoms with Gasteiger partial charge < -0.3 is 0 Å². The van der Waals surface area contributed by atoms with E-state index in [0.29, 0.717) is 0 Å². The Morgan fingerprint density at radius 1 is 1.55 bits per heavy atom. The van der Waals surface area contributed by atoms with Gasteiger partial charge in [0, 0.05) is 6.20 Å². The highest BCUT2D eigenvalue weighted by atomic mass is 35.5. The molecule has 11 heavy (non-hydrogen) atoms. The first kappa shape index (κ1) is 6.54. The van der Waals surface area contributed by atoms with Crippen LogP contribution < -0.4 is 0 Å². The van der Waals surface area contributed by atoms with E-state index in [2.05, 4.69) is 10.1 Å². The van der Waals surface area contributed by atoms with E-state index in [9.17, 15) is 4.39 Å². The van der Waals surface area contributed by atoms with Gasteiger partial charge in [0.25, 0.3) is 0 Å². The summed E-state index contributed by atoms with van der Waals surface area (Å²) < 4.78 is 14.1. The van der Waals surface area contributed by atoms with E-state index >= 15 is 0 Å². The van der Waals surface area contributed by atoms with Crippen LogP contribution in [-0.2, 0) is 0 Å². The normalized spacial score (nSPS) is 10.7. The molecule has 2 aromatic heterocycles. The minimum Gasteiger partial charge on any atom is -0.217 e. The van der Waals surface area contributed by atoms with Crippen LogP contribution in [0.3, 0.4) is 0 Å². The quantitative estimate of drug-likeness (QED) is 0.602. The molecule has 0 fully saturated rings. The first-order valence-electron chi connectivity index (χ1n) is 2.94. The van der Waals surface area contributed by atoms with Crippen LogP contribution in [0.15, 0.2) is 18.3 Å². The molecule has 0 aliphatic rings. The molecule has 0 aromatic carbocycles. The van der Waals surface area contributed by atoms with Crippen LogP contribution in [-0.4, -0.2) is 14.6 Å². The van der Waals surface area contributed by atoms with Crippen molar-refractivity contribution in [2.75, 3.05) is 0 Å². The molecule has 2 rings (SSSR count). The zero-order chi connectivity index (χ0) is 7.84. The van der Waals surface area contributed by atoms with Gasteiger partial charge in [0.05, 0.1) is 0 Å². The second-order valence-electron chi connectivity index (χ2n) is 2.01. The Hall–Kier alpha value is -1.16. The zero-order valence-corrected chi connectivity index (χ0v) is 6.09. The first-order valence-corrected chi connectivity index (χ1v) is 3.31. The Morgan fingerprint density at radius 3 is 3.09 bits per heavy atom. The van der Waals surface area contributed by atoms with Crippen LogP contribution >= 0.6 is 11.6 Å². The van der Waals surface area contributed by atoms with Crippen LogP contribution in [0.2, 0.25) is 5.28 Å². The van der Waals surface area contributed by atoms with Crippen LogP contribution in [0.5, 0.6) is 0 Å². The van der Waals surface area contributed by atoms with Gasteiger partial charge in [-0.15, -0.1) is 5.10 Å². The number of fused-ring (bicyclic) bond motifs is 1. The standard InChI is InChI=1S/C6H3ClFN3/c7-6-9-5-4(8)2-1-3-11(5)10-6/h1-3H. The molecule has 0 saturated heterocycles. The van der Waals surface area contributed by atoms with Gasteiger partial charge in [0.15, 0.2) is 11.5 Å². The maximum atomic E-state index is 12.8. The van der Waals surface area contributed by atoms with Crippen LogP contribution in [0.4, 0.5) is 4.39 Å². The van der Waals surface area contributed by atoms with E-state index in [1.54, 1.807) is 6.20 Å². The molecule has 5 heteroatoms. The van der Waals surface area contributed by atoms with Gasteiger partial charge in [-0.2, -0.15) is 4.98 Å². The third-order valence-electron chi connectivity index (χ3n) is 1.29. The summed E-state index contributed by atoms with van der Waals surface area (Å²) in [5.41, 5.74) is 0.150. The monoisotopic (exact) mass is 171 g/mol. The third kappa shape index (κ3) is 0.952. The molecular weight excluding hydrogens is 169 g/mol. The third-order valence-corrected chi connectivity index (χ3v) is 1.45. The predicted octanol–water partition coefficient (Wildman–Crippen LogP) is 1.52. The Balaban J connectivity index is 2.90. The summed E-state index contributed by atoms with van der Waals surface area (Å²) in [5, 5.41) is 3.76. The second-order valence-corrected chi connectivity index (χ2v) is 2.34. The molecule has 0 saturated carbocycles. The first-order chi connectivity index (χ1) is 5.27. The van der Waals surface area contributed by atoms with E-state index in [1.807, 2.05) is 0 Å². The van der Waals surface area contributed by atoms with Crippen molar-refractivity contribution in [3.05, 3.63) is 29.4 Å². The van der Waals surface area contributed by atoms with Crippen molar-refractivity contribution in [3.63, 3.8) is 0 Å². The van der Waals surface area contributed by atoms with Crippen molar-refractivity contribution in [1.29, 1.82) is 0 Å². The van der Waals surface area contributed by atoms with E-state index in [1.165, 1.54) is 16.6 Å². The molecule has 0 amide bonds. The average molecular weight is 172 g/mol. The van der Waals surface area contributed by atoms with Gasteiger partial charge in [-0.25, -0.2) is 8.91 Å². The van der Waals surface area contributed by atoms with E-state index < -0.39 is 5.82 Å². The molecule has 0 radical (unpaired) electrons. The van der Waals surface area contributed by atoms with Gasteiger partial charge in [-0.1, -0.05) is 0 Å². The van der Waals surface area contributed by atoms with Gasteiger partial charge in [-0.05, 0) is 23.7 Å². The number of hydrogen-bond donors (Lipinski definition) is 0. The number of pyridine rings is 1. The minimum atomic E-state index is -0.424. The number of halogens is 2. The number of rotatable bonds is 0. The van der Waals surface area contributed by atoms with Crippen molar-refractivity contribution in [1.82, 2.24) is 14.6 Å². The van der Waals surface area contributed by atoms with Crippen molar-refractivity contribution >= 4 is 17.2 Å². The number of hydrogen-bond acceptors (Lipinski definition) is 2. The fourth-order valence-corrected chi connectivity index (χ4v) is 1.01.